The zero-order valence-electron chi connectivity index (χ0n) is 19.1. The Morgan fingerprint density at radius 2 is 1.71 bits per heavy atom. The summed E-state index contributed by atoms with van der Waals surface area (Å²) in [6.07, 6.45) is 2.53. The number of anilines is 1. The van der Waals surface area contributed by atoms with Crippen molar-refractivity contribution in [2.75, 3.05) is 39.3 Å². The topological polar surface area (TPSA) is 54.0 Å². The third-order valence-corrected chi connectivity index (χ3v) is 6.93. The van der Waals surface area contributed by atoms with Crippen molar-refractivity contribution in [2.24, 2.45) is 0 Å². The average molecular weight is 424 g/mol. The second-order valence-corrected chi connectivity index (χ2v) is 8.76. The lowest BCUT2D eigenvalue weighted by atomic mass is 10.0. The molecule has 6 heteroatoms. The summed E-state index contributed by atoms with van der Waals surface area (Å²) in [6, 6.07) is 13.1. The average Bonchev–Trinajstić information content (AvgIpc) is 2.98. The molecule has 0 saturated carbocycles. The van der Waals surface area contributed by atoms with Crippen molar-refractivity contribution in [1.82, 2.24) is 10.2 Å². The van der Waals surface area contributed by atoms with Crippen molar-refractivity contribution in [3.63, 3.8) is 0 Å². The molecular weight excluding hydrogens is 390 g/mol. The van der Waals surface area contributed by atoms with E-state index in [1.807, 2.05) is 32.0 Å². The molecule has 2 aromatic rings. The SMILES string of the molecule is COc1ccc([C@@H](C)NC(=O)c2cc(N3CC4CCC(C3)N4C)ccc2C)cc1OC. The van der Waals surface area contributed by atoms with E-state index in [9.17, 15) is 4.79 Å². The molecule has 2 bridgehead atoms. The second kappa shape index (κ2) is 8.79. The van der Waals surface area contributed by atoms with Gasteiger partial charge in [-0.1, -0.05) is 12.1 Å². The summed E-state index contributed by atoms with van der Waals surface area (Å²) in [5.41, 5.74) is 3.82. The molecule has 2 fully saturated rings. The van der Waals surface area contributed by atoms with Gasteiger partial charge in [-0.3, -0.25) is 9.69 Å². The van der Waals surface area contributed by atoms with Crippen LogP contribution in [0.3, 0.4) is 0 Å². The minimum absolute atomic E-state index is 0.0567. The lowest BCUT2D eigenvalue weighted by molar-refractivity contribution is 0.0939. The maximum absolute atomic E-state index is 13.2. The van der Waals surface area contributed by atoms with Gasteiger partial charge in [0.15, 0.2) is 11.5 Å². The number of aryl methyl sites for hydroxylation is 1. The highest BCUT2D eigenvalue weighted by Gasteiger charge is 2.37. The first kappa shape index (κ1) is 21.5. The molecule has 1 amide bonds. The van der Waals surface area contributed by atoms with E-state index in [1.165, 1.54) is 12.8 Å². The van der Waals surface area contributed by atoms with E-state index in [0.717, 1.165) is 35.5 Å². The highest BCUT2D eigenvalue weighted by atomic mass is 16.5. The van der Waals surface area contributed by atoms with E-state index in [0.29, 0.717) is 23.6 Å². The van der Waals surface area contributed by atoms with Gasteiger partial charge in [0.2, 0.25) is 0 Å². The lowest BCUT2D eigenvalue weighted by Gasteiger charge is -2.40. The number of rotatable bonds is 6. The molecule has 0 aromatic heterocycles. The minimum Gasteiger partial charge on any atom is -0.493 e. The number of nitrogens with zero attached hydrogens (tertiary/aromatic N) is 2. The maximum Gasteiger partial charge on any atom is 0.252 e. The highest BCUT2D eigenvalue weighted by Crippen LogP contribution is 2.33. The summed E-state index contributed by atoms with van der Waals surface area (Å²) in [6.45, 7) is 6.03. The van der Waals surface area contributed by atoms with Crippen molar-refractivity contribution in [2.45, 2.75) is 44.8 Å². The standard InChI is InChI=1S/C25H33N3O3/c1-16-6-8-19(28-14-20-9-10-21(15-28)27(20)3)13-22(16)25(29)26-17(2)18-7-11-23(30-4)24(12-18)31-5/h6-8,11-13,17,20-21H,9-10,14-15H2,1-5H3,(H,26,29)/t17-,20?,21?/m1/s1. The number of ether oxygens (including phenoxy) is 2. The van der Waals surface area contributed by atoms with E-state index in [-0.39, 0.29) is 11.9 Å². The van der Waals surface area contributed by atoms with Gasteiger partial charge in [0, 0.05) is 36.4 Å². The van der Waals surface area contributed by atoms with Crippen LogP contribution in [0.15, 0.2) is 36.4 Å². The molecule has 2 heterocycles. The number of benzene rings is 2. The number of likely N-dealkylation sites (N-methyl/N-ethyl adjacent to an activating group) is 1. The van der Waals surface area contributed by atoms with Crippen LogP contribution < -0.4 is 19.7 Å². The first-order valence-electron chi connectivity index (χ1n) is 11.0. The molecule has 3 atom stereocenters. The minimum atomic E-state index is -0.158. The normalized spacial score (nSPS) is 21.6. The third kappa shape index (κ3) is 4.22. The number of amides is 1. The molecule has 2 aromatic carbocycles. The van der Waals surface area contributed by atoms with Crippen LogP contribution in [0.25, 0.3) is 0 Å². The fraction of sp³-hybridized carbons (Fsp3) is 0.480. The molecule has 2 saturated heterocycles. The third-order valence-electron chi connectivity index (χ3n) is 6.93. The van der Waals surface area contributed by atoms with Crippen LogP contribution in [0, 0.1) is 6.92 Å². The van der Waals surface area contributed by atoms with E-state index >= 15 is 0 Å². The zero-order valence-corrected chi connectivity index (χ0v) is 19.1. The van der Waals surface area contributed by atoms with Crippen LogP contribution >= 0.6 is 0 Å². The van der Waals surface area contributed by atoms with Crippen LogP contribution in [-0.4, -0.2) is 57.2 Å². The van der Waals surface area contributed by atoms with E-state index < -0.39 is 0 Å². The fourth-order valence-corrected chi connectivity index (χ4v) is 4.86. The van der Waals surface area contributed by atoms with Gasteiger partial charge in [-0.25, -0.2) is 0 Å². The summed E-state index contributed by atoms with van der Waals surface area (Å²) in [7, 11) is 5.47. The predicted octanol–water partition coefficient (Wildman–Crippen LogP) is 3.79. The van der Waals surface area contributed by atoms with E-state index in [1.54, 1.807) is 14.2 Å². The lowest BCUT2D eigenvalue weighted by Crippen LogP contribution is -2.52. The van der Waals surface area contributed by atoms with Gasteiger partial charge in [-0.2, -0.15) is 0 Å². The van der Waals surface area contributed by atoms with E-state index in [4.69, 9.17) is 9.47 Å². The van der Waals surface area contributed by atoms with Gasteiger partial charge < -0.3 is 19.7 Å². The number of carbonyl (C=O) groups excluding carboxylic acids is 1. The van der Waals surface area contributed by atoms with Crippen molar-refractivity contribution >= 4 is 11.6 Å². The van der Waals surface area contributed by atoms with E-state index in [2.05, 4.69) is 40.4 Å². The number of piperazine rings is 1. The monoisotopic (exact) mass is 423 g/mol. The van der Waals surface area contributed by atoms with Gasteiger partial charge in [-0.05, 0) is 69.1 Å². The maximum atomic E-state index is 13.2. The number of methoxy groups -OCH3 is 2. The smallest absolute Gasteiger partial charge is 0.252 e. The Labute approximate surface area is 185 Å². The molecule has 1 N–H and O–H groups in total. The number of hydrogen-bond acceptors (Lipinski definition) is 5. The highest BCUT2D eigenvalue weighted by molar-refractivity contribution is 5.96. The van der Waals surface area contributed by atoms with Gasteiger partial charge in [-0.15, -0.1) is 0 Å². The zero-order chi connectivity index (χ0) is 22.1. The Morgan fingerprint density at radius 1 is 1.03 bits per heavy atom. The van der Waals surface area contributed by atoms with Gasteiger partial charge in [0.1, 0.15) is 0 Å². The van der Waals surface area contributed by atoms with Crippen LogP contribution in [0.5, 0.6) is 11.5 Å². The first-order chi connectivity index (χ1) is 14.9. The Balaban J connectivity index is 1.50. The number of carbonyl (C=O) groups is 1. The van der Waals surface area contributed by atoms with Gasteiger partial charge >= 0.3 is 0 Å². The molecule has 0 spiro atoms. The van der Waals surface area contributed by atoms with Crippen molar-refractivity contribution in [1.29, 1.82) is 0 Å². The molecule has 0 aliphatic carbocycles. The van der Waals surface area contributed by atoms with Crippen molar-refractivity contribution < 1.29 is 14.3 Å². The van der Waals surface area contributed by atoms with Crippen LogP contribution in [-0.2, 0) is 0 Å². The predicted molar refractivity (Wildman–Crippen MR) is 123 cm³/mol. The summed E-state index contributed by atoms with van der Waals surface area (Å²) in [5, 5.41) is 3.15. The first-order valence-corrected chi connectivity index (χ1v) is 11.0. The Bertz CT molecular complexity index is 947. The van der Waals surface area contributed by atoms with Gasteiger partial charge in [0.05, 0.1) is 20.3 Å². The quantitative estimate of drug-likeness (QED) is 0.766. The molecule has 2 aliphatic heterocycles. The molecule has 4 rings (SSSR count). The molecule has 6 nitrogen and oxygen atoms in total. The number of hydrogen-bond donors (Lipinski definition) is 1. The summed E-state index contributed by atoms with van der Waals surface area (Å²) >= 11 is 0. The van der Waals surface area contributed by atoms with Crippen molar-refractivity contribution in [3.8, 4) is 11.5 Å². The number of nitrogens with one attached hydrogen (secondary N) is 1. The van der Waals surface area contributed by atoms with Crippen LogP contribution in [0.4, 0.5) is 5.69 Å². The van der Waals surface area contributed by atoms with Crippen molar-refractivity contribution in [3.05, 3.63) is 53.1 Å². The van der Waals surface area contributed by atoms with Crippen LogP contribution in [0.2, 0.25) is 0 Å². The molecule has 31 heavy (non-hydrogen) atoms. The molecular formula is C25H33N3O3. The van der Waals surface area contributed by atoms with Gasteiger partial charge in [0.25, 0.3) is 5.91 Å². The summed E-state index contributed by atoms with van der Waals surface area (Å²) in [5.74, 6) is 1.28. The fourth-order valence-electron chi connectivity index (χ4n) is 4.86. The Morgan fingerprint density at radius 3 is 2.35 bits per heavy atom. The molecule has 2 unspecified atom stereocenters. The largest absolute Gasteiger partial charge is 0.493 e. The second-order valence-electron chi connectivity index (χ2n) is 8.76. The Kier molecular flexibility index (Phi) is 6.10. The van der Waals surface area contributed by atoms with Crippen LogP contribution in [0.1, 0.15) is 47.3 Å². The number of fused-ring (bicyclic) bond motifs is 2. The summed E-state index contributed by atoms with van der Waals surface area (Å²) in [4.78, 5) is 18.1. The Hall–Kier alpha value is -2.73. The molecule has 166 valence electrons. The molecule has 2 aliphatic rings. The summed E-state index contributed by atoms with van der Waals surface area (Å²) < 4.78 is 10.7. The molecule has 0 radical (unpaired) electrons.